The number of nitrogens with zero attached hydrogens (tertiary/aromatic N) is 3. The zero-order valence-corrected chi connectivity index (χ0v) is 14.3. The highest BCUT2D eigenvalue weighted by Gasteiger charge is 2.25. The van der Waals surface area contributed by atoms with Crippen LogP contribution in [0.1, 0.15) is 39.3 Å². The van der Waals surface area contributed by atoms with Gasteiger partial charge in [0.05, 0.1) is 12.3 Å². The maximum atomic E-state index is 11.9. The monoisotopic (exact) mass is 322 g/mol. The van der Waals surface area contributed by atoms with Crippen LogP contribution in [0.3, 0.4) is 0 Å². The van der Waals surface area contributed by atoms with Crippen molar-refractivity contribution in [3.8, 4) is 0 Å². The molecule has 1 saturated heterocycles. The van der Waals surface area contributed by atoms with Crippen LogP contribution in [0.15, 0.2) is 12.4 Å². The van der Waals surface area contributed by atoms with Crippen LogP contribution in [-0.4, -0.2) is 47.9 Å². The largest absolute Gasteiger partial charge is 0.444 e. The topological polar surface area (TPSA) is 76.6 Å². The second kappa shape index (κ2) is 7.59. The first-order chi connectivity index (χ1) is 10.9. The summed E-state index contributed by atoms with van der Waals surface area (Å²) in [6, 6.07) is 1.98. The number of amides is 1. The van der Waals surface area contributed by atoms with Gasteiger partial charge in [-0.15, -0.1) is 0 Å². The van der Waals surface area contributed by atoms with Gasteiger partial charge in [-0.25, -0.2) is 14.8 Å². The van der Waals surface area contributed by atoms with Crippen molar-refractivity contribution in [3.63, 3.8) is 0 Å². The van der Waals surface area contributed by atoms with Gasteiger partial charge < -0.3 is 19.7 Å². The van der Waals surface area contributed by atoms with Crippen LogP contribution in [0, 0.1) is 0 Å². The Morgan fingerprint density at radius 3 is 2.91 bits per heavy atom. The fourth-order valence-electron chi connectivity index (χ4n) is 2.56. The summed E-state index contributed by atoms with van der Waals surface area (Å²) in [5, 5.41) is 2.94. The number of hydrogen-bond donors (Lipinski definition) is 1. The number of carbonyl (C=O) groups is 1. The lowest BCUT2D eigenvalue weighted by Crippen LogP contribution is -2.49. The summed E-state index contributed by atoms with van der Waals surface area (Å²) in [4.78, 5) is 22.6. The molecule has 2 heterocycles. The van der Waals surface area contributed by atoms with Crippen molar-refractivity contribution in [1.29, 1.82) is 0 Å². The molecule has 1 fully saturated rings. The highest BCUT2D eigenvalue weighted by molar-refractivity contribution is 5.68. The van der Waals surface area contributed by atoms with Crippen molar-refractivity contribution in [1.82, 2.24) is 15.3 Å². The number of alkyl carbamates (subject to hydrolysis) is 1. The van der Waals surface area contributed by atoms with E-state index in [1.165, 1.54) is 0 Å². The van der Waals surface area contributed by atoms with Gasteiger partial charge in [0.25, 0.3) is 0 Å². The number of rotatable bonds is 4. The van der Waals surface area contributed by atoms with E-state index in [0.717, 1.165) is 30.9 Å². The van der Waals surface area contributed by atoms with E-state index in [9.17, 15) is 4.79 Å². The lowest BCUT2D eigenvalue weighted by molar-refractivity contribution is 0.0500. The third kappa shape index (κ3) is 5.67. The van der Waals surface area contributed by atoms with Crippen LogP contribution < -0.4 is 10.2 Å². The molecule has 0 aliphatic carbocycles. The van der Waals surface area contributed by atoms with Crippen molar-refractivity contribution in [2.45, 2.75) is 51.9 Å². The molecule has 7 nitrogen and oxygen atoms in total. The van der Waals surface area contributed by atoms with Crippen LogP contribution >= 0.6 is 0 Å². The van der Waals surface area contributed by atoms with Crippen molar-refractivity contribution in [2.24, 2.45) is 0 Å². The number of ether oxygens (including phenoxy) is 2. The number of methoxy groups -OCH3 is 1. The standard InChI is InChI=1S/C16H26N4O3/c1-16(2,3)23-15(21)19-12-6-5-7-20(9-12)14-8-13(10-22-4)17-11-18-14/h8,11-12H,5-7,9-10H2,1-4H3,(H,19,21). The fourth-order valence-corrected chi connectivity index (χ4v) is 2.56. The molecule has 0 bridgehead atoms. The Balaban J connectivity index is 1.95. The molecule has 0 aromatic carbocycles. The summed E-state index contributed by atoms with van der Waals surface area (Å²) in [6.45, 7) is 7.66. The summed E-state index contributed by atoms with van der Waals surface area (Å²) in [5.41, 5.74) is 0.361. The maximum Gasteiger partial charge on any atom is 0.407 e. The average Bonchev–Trinajstić information content (AvgIpc) is 2.46. The van der Waals surface area contributed by atoms with E-state index in [4.69, 9.17) is 9.47 Å². The molecule has 1 amide bonds. The fraction of sp³-hybridized carbons (Fsp3) is 0.688. The summed E-state index contributed by atoms with van der Waals surface area (Å²) in [5.74, 6) is 0.864. The van der Waals surface area contributed by atoms with Crippen molar-refractivity contribution >= 4 is 11.9 Å². The Hall–Kier alpha value is -1.89. The van der Waals surface area contributed by atoms with E-state index in [2.05, 4.69) is 20.2 Å². The third-order valence-electron chi connectivity index (χ3n) is 3.47. The van der Waals surface area contributed by atoms with Gasteiger partial charge >= 0.3 is 6.09 Å². The molecular weight excluding hydrogens is 296 g/mol. The normalized spacial score (nSPS) is 18.6. The molecule has 0 saturated carbocycles. The first-order valence-electron chi connectivity index (χ1n) is 7.92. The minimum atomic E-state index is -0.486. The molecule has 1 aromatic rings. The van der Waals surface area contributed by atoms with Crippen molar-refractivity contribution < 1.29 is 14.3 Å². The zero-order chi connectivity index (χ0) is 16.9. The molecule has 0 radical (unpaired) electrons. The van der Waals surface area contributed by atoms with Gasteiger partial charge in [0.15, 0.2) is 0 Å². The molecule has 128 valence electrons. The molecule has 0 spiro atoms. The smallest absolute Gasteiger partial charge is 0.407 e. The molecule has 1 aromatic heterocycles. The number of anilines is 1. The van der Waals surface area contributed by atoms with Crippen molar-refractivity contribution in [3.05, 3.63) is 18.1 Å². The molecule has 1 unspecified atom stereocenters. The van der Waals surface area contributed by atoms with Gasteiger partial charge in [-0.2, -0.15) is 0 Å². The quantitative estimate of drug-likeness (QED) is 0.915. The summed E-state index contributed by atoms with van der Waals surface area (Å²) in [7, 11) is 1.64. The second-order valence-corrected chi connectivity index (χ2v) is 6.73. The first-order valence-corrected chi connectivity index (χ1v) is 7.92. The SMILES string of the molecule is COCc1cc(N2CCCC(NC(=O)OC(C)(C)C)C2)ncn1. The van der Waals surface area contributed by atoms with Gasteiger partial charge in [-0.1, -0.05) is 0 Å². The highest BCUT2D eigenvalue weighted by Crippen LogP contribution is 2.18. The van der Waals surface area contributed by atoms with E-state index in [0.29, 0.717) is 13.2 Å². The lowest BCUT2D eigenvalue weighted by atomic mass is 10.1. The van der Waals surface area contributed by atoms with E-state index in [-0.39, 0.29) is 12.1 Å². The number of aromatic nitrogens is 2. The number of carbonyl (C=O) groups excluding carboxylic acids is 1. The summed E-state index contributed by atoms with van der Waals surface area (Å²) in [6.07, 6.45) is 3.11. The molecule has 1 N–H and O–H groups in total. The van der Waals surface area contributed by atoms with Crippen molar-refractivity contribution in [2.75, 3.05) is 25.1 Å². The van der Waals surface area contributed by atoms with Crippen LogP contribution in [0.25, 0.3) is 0 Å². The van der Waals surface area contributed by atoms with E-state index in [1.807, 2.05) is 26.8 Å². The average molecular weight is 322 g/mol. The van der Waals surface area contributed by atoms with Crippen LogP contribution in [0.2, 0.25) is 0 Å². The second-order valence-electron chi connectivity index (χ2n) is 6.73. The Bertz CT molecular complexity index is 530. The molecule has 1 aliphatic heterocycles. The maximum absolute atomic E-state index is 11.9. The minimum absolute atomic E-state index is 0.0550. The Morgan fingerprint density at radius 2 is 2.22 bits per heavy atom. The van der Waals surface area contributed by atoms with Crippen LogP contribution in [0.5, 0.6) is 0 Å². The van der Waals surface area contributed by atoms with E-state index >= 15 is 0 Å². The third-order valence-corrected chi connectivity index (χ3v) is 3.47. The molecule has 23 heavy (non-hydrogen) atoms. The van der Waals surface area contributed by atoms with Gasteiger partial charge in [0, 0.05) is 32.3 Å². The Morgan fingerprint density at radius 1 is 1.43 bits per heavy atom. The van der Waals surface area contributed by atoms with Crippen LogP contribution in [0.4, 0.5) is 10.6 Å². The lowest BCUT2D eigenvalue weighted by Gasteiger charge is -2.34. The molecule has 7 heteroatoms. The minimum Gasteiger partial charge on any atom is -0.444 e. The van der Waals surface area contributed by atoms with Crippen LogP contribution in [-0.2, 0) is 16.1 Å². The van der Waals surface area contributed by atoms with Gasteiger partial charge in [0.1, 0.15) is 17.7 Å². The van der Waals surface area contributed by atoms with E-state index in [1.54, 1.807) is 13.4 Å². The first kappa shape index (κ1) is 17.5. The highest BCUT2D eigenvalue weighted by atomic mass is 16.6. The van der Waals surface area contributed by atoms with Gasteiger partial charge in [-0.05, 0) is 33.6 Å². The zero-order valence-electron chi connectivity index (χ0n) is 14.3. The van der Waals surface area contributed by atoms with Gasteiger partial charge in [-0.3, -0.25) is 0 Å². The van der Waals surface area contributed by atoms with E-state index < -0.39 is 5.60 Å². The Labute approximate surface area is 137 Å². The summed E-state index contributed by atoms with van der Waals surface area (Å²) >= 11 is 0. The summed E-state index contributed by atoms with van der Waals surface area (Å²) < 4.78 is 10.4. The predicted molar refractivity (Wildman–Crippen MR) is 87.3 cm³/mol. The molecule has 1 aliphatic rings. The molecule has 1 atom stereocenters. The van der Waals surface area contributed by atoms with Gasteiger partial charge in [0.2, 0.25) is 0 Å². The Kier molecular flexibility index (Phi) is 5.76. The molecular formula is C16H26N4O3. The predicted octanol–water partition coefficient (Wildman–Crippen LogP) is 2.12. The molecule has 2 rings (SSSR count). The number of nitrogens with one attached hydrogen (secondary N) is 1. The number of piperidine rings is 1. The number of hydrogen-bond acceptors (Lipinski definition) is 6.